The molecule has 1 fully saturated rings. The molecule has 2 rings (SSSR count). The largest absolute Gasteiger partial charge is 0.490 e. The lowest BCUT2D eigenvalue weighted by Gasteiger charge is -2.11. The van der Waals surface area contributed by atoms with Crippen LogP contribution in [0.2, 0.25) is 0 Å². The Kier molecular flexibility index (Phi) is 4.34. The van der Waals surface area contributed by atoms with Gasteiger partial charge in [0.2, 0.25) is 0 Å². The molecule has 0 saturated heterocycles. The zero-order valence-electron chi connectivity index (χ0n) is 10.9. The highest BCUT2D eigenvalue weighted by molar-refractivity contribution is 5.48. The molecule has 0 amide bonds. The number of hydrogen-bond acceptors (Lipinski definition) is 5. The second-order valence-corrected chi connectivity index (χ2v) is 4.78. The Morgan fingerprint density at radius 1 is 1.53 bits per heavy atom. The smallest absolute Gasteiger partial charge is 0.311 e. The molecule has 0 bridgehead atoms. The van der Waals surface area contributed by atoms with Gasteiger partial charge >= 0.3 is 5.69 Å². The number of ether oxygens (including phenoxy) is 2. The van der Waals surface area contributed by atoms with Crippen molar-refractivity contribution in [2.45, 2.75) is 25.5 Å². The Balaban J connectivity index is 1.92. The van der Waals surface area contributed by atoms with Crippen molar-refractivity contribution in [3.8, 4) is 5.75 Å². The van der Waals surface area contributed by atoms with E-state index in [1.165, 1.54) is 26.0 Å². The number of benzene rings is 1. The number of nitrogens with two attached hydrogens (primary N) is 1. The average Bonchev–Trinajstić information content (AvgIpc) is 3.22. The van der Waals surface area contributed by atoms with Crippen molar-refractivity contribution in [2.24, 2.45) is 11.7 Å². The van der Waals surface area contributed by atoms with Gasteiger partial charge in [0.05, 0.1) is 25.2 Å². The third kappa shape index (κ3) is 3.65. The first-order valence-corrected chi connectivity index (χ1v) is 6.26. The minimum atomic E-state index is -0.460. The van der Waals surface area contributed by atoms with Crippen LogP contribution < -0.4 is 10.5 Å². The summed E-state index contributed by atoms with van der Waals surface area (Å²) in [7, 11) is 1.41. The Morgan fingerprint density at radius 3 is 2.84 bits per heavy atom. The van der Waals surface area contributed by atoms with Gasteiger partial charge in [-0.05, 0) is 30.4 Å². The summed E-state index contributed by atoms with van der Waals surface area (Å²) < 4.78 is 10.4. The SMILES string of the molecule is COc1ccc(COC[C@H](N)C2CC2)cc1[N+](=O)[O-]. The number of nitro groups is 1. The molecule has 6 nitrogen and oxygen atoms in total. The van der Waals surface area contributed by atoms with Crippen LogP contribution >= 0.6 is 0 Å². The van der Waals surface area contributed by atoms with Crippen LogP contribution in [0.1, 0.15) is 18.4 Å². The number of nitrogens with zero attached hydrogens (tertiary/aromatic N) is 1. The maximum Gasteiger partial charge on any atom is 0.311 e. The van der Waals surface area contributed by atoms with Gasteiger partial charge in [-0.1, -0.05) is 6.07 Å². The summed E-state index contributed by atoms with van der Waals surface area (Å²) in [5.41, 5.74) is 6.61. The van der Waals surface area contributed by atoms with Crippen LogP contribution in [0, 0.1) is 16.0 Å². The zero-order chi connectivity index (χ0) is 13.8. The van der Waals surface area contributed by atoms with Crippen molar-refractivity contribution in [1.82, 2.24) is 0 Å². The highest BCUT2D eigenvalue weighted by Crippen LogP contribution is 2.32. The van der Waals surface area contributed by atoms with Gasteiger partial charge in [0, 0.05) is 12.1 Å². The van der Waals surface area contributed by atoms with Crippen LogP contribution in [0.15, 0.2) is 18.2 Å². The molecule has 0 spiro atoms. The van der Waals surface area contributed by atoms with Gasteiger partial charge in [-0.25, -0.2) is 0 Å². The fourth-order valence-corrected chi connectivity index (χ4v) is 1.94. The number of hydrogen-bond donors (Lipinski definition) is 1. The van der Waals surface area contributed by atoms with E-state index in [1.807, 2.05) is 0 Å². The van der Waals surface area contributed by atoms with Crippen LogP contribution in [0.4, 0.5) is 5.69 Å². The molecular formula is C13H18N2O4. The summed E-state index contributed by atoms with van der Waals surface area (Å²) in [6, 6.07) is 4.89. The Bertz CT molecular complexity index is 460. The van der Waals surface area contributed by atoms with Crippen molar-refractivity contribution in [1.29, 1.82) is 0 Å². The molecule has 1 atom stereocenters. The fraction of sp³-hybridized carbons (Fsp3) is 0.538. The summed E-state index contributed by atoms with van der Waals surface area (Å²) in [4.78, 5) is 10.4. The lowest BCUT2D eigenvalue weighted by Crippen LogP contribution is -2.28. The first kappa shape index (κ1) is 13.8. The second-order valence-electron chi connectivity index (χ2n) is 4.78. The molecule has 6 heteroatoms. The normalized spacial score (nSPS) is 16.1. The average molecular weight is 266 g/mol. The van der Waals surface area contributed by atoms with Gasteiger partial charge < -0.3 is 15.2 Å². The van der Waals surface area contributed by atoms with Gasteiger partial charge in [-0.2, -0.15) is 0 Å². The fourth-order valence-electron chi connectivity index (χ4n) is 1.94. The quantitative estimate of drug-likeness (QED) is 0.601. The minimum absolute atomic E-state index is 0.0462. The third-order valence-corrected chi connectivity index (χ3v) is 3.25. The number of nitro benzene ring substituents is 1. The highest BCUT2D eigenvalue weighted by atomic mass is 16.6. The Hall–Kier alpha value is -1.66. The lowest BCUT2D eigenvalue weighted by atomic mass is 10.2. The van der Waals surface area contributed by atoms with Gasteiger partial charge in [-0.15, -0.1) is 0 Å². The van der Waals surface area contributed by atoms with Gasteiger partial charge in [0.15, 0.2) is 5.75 Å². The van der Waals surface area contributed by atoms with Crippen LogP contribution in [-0.4, -0.2) is 24.7 Å². The molecular weight excluding hydrogens is 248 g/mol. The van der Waals surface area contributed by atoms with E-state index in [-0.39, 0.29) is 17.5 Å². The van der Waals surface area contributed by atoms with E-state index >= 15 is 0 Å². The van der Waals surface area contributed by atoms with Crippen molar-refractivity contribution in [3.63, 3.8) is 0 Å². The second kappa shape index (κ2) is 5.99. The predicted octanol–water partition coefficient (Wildman–Crippen LogP) is 1.86. The standard InChI is InChI=1S/C13H18N2O4/c1-18-13-5-2-9(6-12(13)15(16)17)7-19-8-11(14)10-3-4-10/h2,5-6,10-11H,3-4,7-8,14H2,1H3/t11-/m0/s1. The van der Waals surface area contributed by atoms with Crippen LogP contribution in [0.5, 0.6) is 5.75 Å². The first-order chi connectivity index (χ1) is 9.11. The lowest BCUT2D eigenvalue weighted by molar-refractivity contribution is -0.385. The Morgan fingerprint density at radius 2 is 2.26 bits per heavy atom. The molecule has 1 aliphatic rings. The molecule has 104 valence electrons. The summed E-state index contributed by atoms with van der Waals surface area (Å²) >= 11 is 0. The van der Waals surface area contributed by atoms with E-state index in [2.05, 4.69) is 0 Å². The monoisotopic (exact) mass is 266 g/mol. The molecule has 2 N–H and O–H groups in total. The molecule has 1 aliphatic carbocycles. The van der Waals surface area contributed by atoms with Crippen LogP contribution in [0.25, 0.3) is 0 Å². The summed E-state index contributed by atoms with van der Waals surface area (Å²) in [5, 5.41) is 10.9. The molecule has 19 heavy (non-hydrogen) atoms. The summed E-state index contributed by atoms with van der Waals surface area (Å²) in [5.74, 6) is 0.841. The maximum atomic E-state index is 10.9. The molecule has 0 aromatic heterocycles. The number of methoxy groups -OCH3 is 1. The maximum absolute atomic E-state index is 10.9. The van der Waals surface area contributed by atoms with E-state index in [0.29, 0.717) is 19.1 Å². The van der Waals surface area contributed by atoms with Crippen molar-refractivity contribution >= 4 is 5.69 Å². The van der Waals surface area contributed by atoms with Crippen LogP contribution in [0.3, 0.4) is 0 Å². The van der Waals surface area contributed by atoms with E-state index in [9.17, 15) is 10.1 Å². The molecule has 1 aromatic rings. The minimum Gasteiger partial charge on any atom is -0.490 e. The topological polar surface area (TPSA) is 87.6 Å². The molecule has 0 unspecified atom stereocenters. The van der Waals surface area contributed by atoms with E-state index in [1.54, 1.807) is 12.1 Å². The molecule has 0 aliphatic heterocycles. The molecule has 0 radical (unpaired) electrons. The van der Waals surface area contributed by atoms with E-state index in [0.717, 1.165) is 5.56 Å². The van der Waals surface area contributed by atoms with E-state index < -0.39 is 4.92 Å². The third-order valence-electron chi connectivity index (χ3n) is 3.25. The molecule has 1 aromatic carbocycles. The van der Waals surface area contributed by atoms with Gasteiger partial charge in [-0.3, -0.25) is 10.1 Å². The van der Waals surface area contributed by atoms with Crippen molar-refractivity contribution in [2.75, 3.05) is 13.7 Å². The van der Waals surface area contributed by atoms with Crippen LogP contribution in [-0.2, 0) is 11.3 Å². The van der Waals surface area contributed by atoms with E-state index in [4.69, 9.17) is 15.2 Å². The molecule has 0 heterocycles. The zero-order valence-corrected chi connectivity index (χ0v) is 10.9. The van der Waals surface area contributed by atoms with Crippen molar-refractivity contribution in [3.05, 3.63) is 33.9 Å². The Labute approximate surface area is 111 Å². The van der Waals surface area contributed by atoms with Gasteiger partial charge in [0.25, 0.3) is 0 Å². The van der Waals surface area contributed by atoms with Gasteiger partial charge in [0.1, 0.15) is 0 Å². The molecule has 1 saturated carbocycles. The summed E-state index contributed by atoms with van der Waals surface area (Å²) in [6.45, 7) is 0.815. The van der Waals surface area contributed by atoms with Crippen molar-refractivity contribution < 1.29 is 14.4 Å². The predicted molar refractivity (Wildman–Crippen MR) is 70.0 cm³/mol. The highest BCUT2D eigenvalue weighted by Gasteiger charge is 2.28. The summed E-state index contributed by atoms with van der Waals surface area (Å²) in [6.07, 6.45) is 2.36. The number of rotatable bonds is 7. The first-order valence-electron chi connectivity index (χ1n) is 6.26.